The van der Waals surface area contributed by atoms with E-state index in [1.807, 2.05) is 19.1 Å². The molecule has 0 aliphatic heterocycles. The number of Topliss-reactive ketones (excluding diaryl/α,β-unsaturated/α-hetero) is 1. The Kier molecular flexibility index (Phi) is 7.16. The zero-order valence-electron chi connectivity index (χ0n) is 14.9. The molecule has 1 aliphatic carbocycles. The van der Waals surface area contributed by atoms with Gasteiger partial charge < -0.3 is 19.5 Å². The van der Waals surface area contributed by atoms with E-state index < -0.39 is 18.1 Å². The lowest BCUT2D eigenvalue weighted by Gasteiger charge is -2.28. The van der Waals surface area contributed by atoms with Crippen LogP contribution in [-0.4, -0.2) is 38.8 Å². The van der Waals surface area contributed by atoms with E-state index in [2.05, 4.69) is 5.32 Å². The quantitative estimate of drug-likeness (QED) is 0.578. The number of ether oxygens (including phenoxy) is 3. The van der Waals surface area contributed by atoms with Crippen LogP contribution in [0.1, 0.15) is 19.8 Å². The molecule has 6 nitrogen and oxygen atoms in total. The molecule has 1 aromatic rings. The van der Waals surface area contributed by atoms with E-state index in [0.29, 0.717) is 25.1 Å². The Balaban J connectivity index is 2.07. The molecule has 2 rings (SSSR count). The Labute approximate surface area is 148 Å². The first-order valence-electron chi connectivity index (χ1n) is 8.38. The van der Waals surface area contributed by atoms with Crippen LogP contribution >= 0.6 is 0 Å². The maximum absolute atomic E-state index is 12.7. The molecular weight excluding hydrogens is 322 g/mol. The summed E-state index contributed by atoms with van der Waals surface area (Å²) in [5.41, 5.74) is 0.671. The van der Waals surface area contributed by atoms with Gasteiger partial charge in [-0.1, -0.05) is 12.2 Å². The Hall–Kier alpha value is -2.18. The largest absolute Gasteiger partial charge is 0.494 e. The maximum atomic E-state index is 12.7. The number of carbonyl (C=O) groups excluding carboxylic acids is 2. The molecule has 0 aromatic heterocycles. The van der Waals surface area contributed by atoms with Crippen molar-refractivity contribution >= 4 is 17.4 Å². The molecule has 1 amide bonds. The van der Waals surface area contributed by atoms with Gasteiger partial charge in [-0.2, -0.15) is 0 Å². The normalized spacial score (nSPS) is 19.7. The Bertz CT molecular complexity index is 607. The molecule has 6 heteroatoms. The van der Waals surface area contributed by atoms with E-state index in [9.17, 15) is 9.59 Å². The summed E-state index contributed by atoms with van der Waals surface area (Å²) in [5.74, 6) is -0.550. The van der Waals surface area contributed by atoms with E-state index in [1.54, 1.807) is 24.3 Å². The van der Waals surface area contributed by atoms with Crippen molar-refractivity contribution in [1.82, 2.24) is 0 Å². The van der Waals surface area contributed by atoms with E-state index in [4.69, 9.17) is 14.2 Å². The minimum absolute atomic E-state index is 0.183. The van der Waals surface area contributed by atoms with Gasteiger partial charge in [0.1, 0.15) is 5.75 Å². The molecule has 0 saturated carbocycles. The van der Waals surface area contributed by atoms with Crippen molar-refractivity contribution in [3.05, 3.63) is 36.4 Å². The van der Waals surface area contributed by atoms with Crippen molar-refractivity contribution in [2.24, 2.45) is 11.8 Å². The van der Waals surface area contributed by atoms with Gasteiger partial charge in [-0.05, 0) is 44.0 Å². The van der Waals surface area contributed by atoms with Gasteiger partial charge in [0.2, 0.25) is 12.2 Å². The summed E-state index contributed by atoms with van der Waals surface area (Å²) in [6.45, 7) is 2.50. The topological polar surface area (TPSA) is 73.9 Å². The van der Waals surface area contributed by atoms with Crippen LogP contribution in [0.4, 0.5) is 5.69 Å². The number of hydrogen-bond acceptors (Lipinski definition) is 5. The summed E-state index contributed by atoms with van der Waals surface area (Å²) in [5, 5.41) is 2.88. The predicted octanol–water partition coefficient (Wildman–Crippen LogP) is 2.79. The number of ketones is 1. The number of amides is 1. The molecule has 2 atom stereocenters. The lowest BCUT2D eigenvalue weighted by atomic mass is 9.79. The summed E-state index contributed by atoms with van der Waals surface area (Å²) in [7, 11) is 2.83. The van der Waals surface area contributed by atoms with Gasteiger partial charge in [-0.3, -0.25) is 9.59 Å². The predicted molar refractivity (Wildman–Crippen MR) is 94.4 cm³/mol. The number of rotatable bonds is 8. The Morgan fingerprint density at radius 3 is 2.24 bits per heavy atom. The highest BCUT2D eigenvalue weighted by atomic mass is 16.7. The molecule has 0 heterocycles. The highest BCUT2D eigenvalue weighted by Crippen LogP contribution is 2.29. The molecule has 1 N–H and O–H groups in total. The second-order valence-electron chi connectivity index (χ2n) is 5.81. The van der Waals surface area contributed by atoms with Crippen LogP contribution in [0.25, 0.3) is 0 Å². The van der Waals surface area contributed by atoms with Crippen molar-refractivity contribution in [3.63, 3.8) is 0 Å². The van der Waals surface area contributed by atoms with E-state index in [1.165, 1.54) is 14.2 Å². The van der Waals surface area contributed by atoms with Crippen LogP contribution in [0, 0.1) is 11.8 Å². The highest BCUT2D eigenvalue weighted by molar-refractivity contribution is 5.97. The summed E-state index contributed by atoms with van der Waals surface area (Å²) in [4.78, 5) is 25.2. The Morgan fingerprint density at radius 2 is 1.68 bits per heavy atom. The maximum Gasteiger partial charge on any atom is 0.228 e. The third-order valence-corrected chi connectivity index (χ3v) is 4.23. The van der Waals surface area contributed by atoms with Gasteiger partial charge in [0, 0.05) is 25.8 Å². The molecule has 25 heavy (non-hydrogen) atoms. The third kappa shape index (κ3) is 4.90. The lowest BCUT2D eigenvalue weighted by molar-refractivity contribution is -0.163. The zero-order chi connectivity index (χ0) is 18.2. The monoisotopic (exact) mass is 347 g/mol. The SMILES string of the molecule is CCOc1ccc(NC(=O)[C@@H]2CC=CC[C@@H]2C(=O)C(OC)OC)cc1. The zero-order valence-corrected chi connectivity index (χ0v) is 14.9. The van der Waals surface area contributed by atoms with E-state index in [-0.39, 0.29) is 11.7 Å². The molecule has 136 valence electrons. The van der Waals surface area contributed by atoms with Crippen molar-refractivity contribution < 1.29 is 23.8 Å². The van der Waals surface area contributed by atoms with Crippen LogP contribution in [0.15, 0.2) is 36.4 Å². The number of hydrogen-bond donors (Lipinski definition) is 1. The fourth-order valence-electron chi connectivity index (χ4n) is 2.96. The Morgan fingerprint density at radius 1 is 1.08 bits per heavy atom. The number of nitrogens with one attached hydrogen (secondary N) is 1. The van der Waals surface area contributed by atoms with Gasteiger partial charge in [0.25, 0.3) is 0 Å². The van der Waals surface area contributed by atoms with Crippen LogP contribution < -0.4 is 10.1 Å². The summed E-state index contributed by atoms with van der Waals surface area (Å²) in [6.07, 6.45) is 3.92. The average Bonchev–Trinajstić information content (AvgIpc) is 2.64. The molecular formula is C19H25NO5. The second-order valence-corrected chi connectivity index (χ2v) is 5.81. The van der Waals surface area contributed by atoms with Crippen LogP contribution in [0.3, 0.4) is 0 Å². The molecule has 0 bridgehead atoms. The molecule has 0 radical (unpaired) electrons. The molecule has 0 unspecified atom stereocenters. The summed E-state index contributed by atoms with van der Waals surface area (Å²) < 4.78 is 15.5. The van der Waals surface area contributed by atoms with Gasteiger partial charge in [0.05, 0.1) is 12.5 Å². The van der Waals surface area contributed by atoms with Gasteiger partial charge in [0.15, 0.2) is 5.78 Å². The first-order chi connectivity index (χ1) is 12.1. The van der Waals surface area contributed by atoms with Gasteiger partial charge >= 0.3 is 0 Å². The fraction of sp³-hybridized carbons (Fsp3) is 0.474. The highest BCUT2D eigenvalue weighted by Gasteiger charge is 2.37. The van der Waals surface area contributed by atoms with E-state index in [0.717, 1.165) is 5.75 Å². The second kappa shape index (κ2) is 9.34. The standard InChI is InChI=1S/C19H25NO5/c1-4-25-14-11-9-13(10-12-14)20-18(22)16-8-6-5-7-15(16)17(21)19(23-2)24-3/h5-6,9-12,15-16,19H,4,7-8H2,1-3H3,(H,20,22)/t15-,16+/m0/s1. The summed E-state index contributed by atoms with van der Waals surface area (Å²) in [6, 6.07) is 7.17. The molecule has 0 fully saturated rings. The van der Waals surface area contributed by atoms with Crippen molar-refractivity contribution in [2.45, 2.75) is 26.1 Å². The van der Waals surface area contributed by atoms with E-state index >= 15 is 0 Å². The minimum Gasteiger partial charge on any atom is -0.494 e. The van der Waals surface area contributed by atoms with Crippen LogP contribution in [-0.2, 0) is 19.1 Å². The molecule has 1 aliphatic rings. The van der Waals surface area contributed by atoms with Crippen molar-refractivity contribution in [1.29, 1.82) is 0 Å². The lowest BCUT2D eigenvalue weighted by Crippen LogP contribution is -2.40. The number of allylic oxidation sites excluding steroid dienone is 2. The smallest absolute Gasteiger partial charge is 0.228 e. The molecule has 0 saturated heterocycles. The number of carbonyl (C=O) groups is 2. The number of anilines is 1. The third-order valence-electron chi connectivity index (χ3n) is 4.23. The van der Waals surface area contributed by atoms with Gasteiger partial charge in [-0.15, -0.1) is 0 Å². The average molecular weight is 347 g/mol. The molecule has 0 spiro atoms. The van der Waals surface area contributed by atoms with Crippen LogP contribution in [0.5, 0.6) is 5.75 Å². The molecule has 1 aromatic carbocycles. The number of methoxy groups -OCH3 is 2. The first-order valence-corrected chi connectivity index (χ1v) is 8.38. The van der Waals surface area contributed by atoms with Crippen LogP contribution in [0.2, 0.25) is 0 Å². The van der Waals surface area contributed by atoms with Crippen molar-refractivity contribution in [3.8, 4) is 5.75 Å². The summed E-state index contributed by atoms with van der Waals surface area (Å²) >= 11 is 0. The first kappa shape index (κ1) is 19.1. The fourth-order valence-corrected chi connectivity index (χ4v) is 2.96. The number of benzene rings is 1. The van der Waals surface area contributed by atoms with Gasteiger partial charge in [-0.25, -0.2) is 0 Å². The minimum atomic E-state index is -0.947. The van der Waals surface area contributed by atoms with Crippen molar-refractivity contribution in [2.75, 3.05) is 26.1 Å².